The molecule has 0 heterocycles. The van der Waals surface area contributed by atoms with E-state index in [0.29, 0.717) is 5.84 Å². The number of nitrogens with zero attached hydrogens (tertiary/aromatic N) is 3. The summed E-state index contributed by atoms with van der Waals surface area (Å²) in [4.78, 5) is 0. The van der Waals surface area contributed by atoms with E-state index in [9.17, 15) is 0 Å². The molecule has 0 rings (SSSR count). The van der Waals surface area contributed by atoms with E-state index in [1.165, 1.54) is 0 Å². The first-order chi connectivity index (χ1) is 4.31. The third-order valence-electron chi connectivity index (χ3n) is 0.536. The second-order valence-corrected chi connectivity index (χ2v) is 1.23. The second-order valence-electron chi connectivity index (χ2n) is 1.23. The highest BCUT2D eigenvalue weighted by atomic mass is 15.3. The topological polar surface area (TPSA) is 73.0 Å². The molecule has 2 N–H and O–H groups in total. The number of hydrogen-bond acceptors (Lipinski definition) is 3. The van der Waals surface area contributed by atoms with Crippen molar-refractivity contribution in [1.82, 2.24) is 5.43 Å². The summed E-state index contributed by atoms with van der Waals surface area (Å²) in [7, 11) is 1.56. The van der Waals surface area contributed by atoms with E-state index in [2.05, 4.69) is 20.8 Å². The Labute approximate surface area is 53.4 Å². The minimum absolute atomic E-state index is 0.501. The van der Waals surface area contributed by atoms with Crippen molar-refractivity contribution in [2.75, 3.05) is 7.05 Å². The van der Waals surface area contributed by atoms with Gasteiger partial charge < -0.3 is 0 Å². The summed E-state index contributed by atoms with van der Waals surface area (Å²) in [5.74, 6) is 0.501. The molecule has 0 aromatic heterocycles. The number of hydrogen-bond donors (Lipinski definition) is 2. The smallest absolute Gasteiger partial charge is 0.167 e. The zero-order chi connectivity index (χ0) is 7.11. The maximum Gasteiger partial charge on any atom is 0.167 e. The van der Waals surface area contributed by atoms with Gasteiger partial charge in [0.15, 0.2) is 5.84 Å². The molecule has 0 aliphatic rings. The van der Waals surface area contributed by atoms with Crippen LogP contribution in [0.25, 0.3) is 0 Å². The van der Waals surface area contributed by atoms with Crippen LogP contribution in [0.3, 0.4) is 0 Å². The van der Waals surface area contributed by atoms with Gasteiger partial charge in [-0.25, -0.2) is 0 Å². The molecule has 5 nitrogen and oxygen atoms in total. The number of hydrazone groups is 1. The van der Waals surface area contributed by atoms with Crippen LogP contribution in [-0.4, -0.2) is 19.2 Å². The van der Waals surface area contributed by atoms with Gasteiger partial charge in [0.1, 0.15) is 0 Å². The molecule has 0 atom stereocenters. The van der Waals surface area contributed by atoms with Crippen LogP contribution in [0.5, 0.6) is 0 Å². The van der Waals surface area contributed by atoms with Gasteiger partial charge in [-0.2, -0.15) is 10.2 Å². The van der Waals surface area contributed by atoms with Crippen LogP contribution in [0.2, 0.25) is 0 Å². The fraction of sp³-hybridized carbons (Fsp3) is 0.500. The van der Waals surface area contributed by atoms with Gasteiger partial charge in [0.2, 0.25) is 0 Å². The predicted molar refractivity (Wildman–Crippen MR) is 35.8 cm³/mol. The third kappa shape index (κ3) is 4.60. The molecule has 0 aliphatic carbocycles. The van der Waals surface area contributed by atoms with Crippen LogP contribution in [0.1, 0.15) is 6.92 Å². The van der Waals surface area contributed by atoms with E-state index in [0.717, 1.165) is 6.34 Å². The first kappa shape index (κ1) is 7.74. The molecule has 5 heteroatoms. The summed E-state index contributed by atoms with van der Waals surface area (Å²) >= 11 is 0. The van der Waals surface area contributed by atoms with Gasteiger partial charge >= 0.3 is 0 Å². The number of rotatable bonds is 2. The number of azo groups is 1. The summed E-state index contributed by atoms with van der Waals surface area (Å²) in [5.41, 5.74) is 2.31. The maximum absolute atomic E-state index is 6.51. The molecule has 0 unspecified atom stereocenters. The Morgan fingerprint density at radius 1 is 1.67 bits per heavy atom. The Morgan fingerprint density at radius 3 is 2.78 bits per heavy atom. The van der Waals surface area contributed by atoms with Crippen molar-refractivity contribution in [1.29, 1.82) is 5.41 Å². The lowest BCUT2D eigenvalue weighted by Crippen LogP contribution is -2.02. The molecule has 0 bridgehead atoms. The van der Waals surface area contributed by atoms with Crippen LogP contribution in [0, 0.1) is 5.41 Å². The van der Waals surface area contributed by atoms with Crippen molar-refractivity contribution >= 4 is 12.2 Å². The standard InChI is InChI=1S/C4H9N5/c1-4(8-6-2)9-7-3-5/h3H,1-2H3,(H2,5,7)/b8-6+,9-4-. The van der Waals surface area contributed by atoms with Gasteiger partial charge in [-0.3, -0.25) is 10.8 Å². The van der Waals surface area contributed by atoms with Gasteiger partial charge in [0.25, 0.3) is 0 Å². The largest absolute Gasteiger partial charge is 0.290 e. The minimum atomic E-state index is 0.501. The van der Waals surface area contributed by atoms with Crippen LogP contribution in [-0.2, 0) is 0 Å². The lowest BCUT2D eigenvalue weighted by molar-refractivity contribution is 1.02. The van der Waals surface area contributed by atoms with E-state index in [-0.39, 0.29) is 0 Å². The van der Waals surface area contributed by atoms with E-state index in [1.54, 1.807) is 14.0 Å². The Hall–Kier alpha value is -1.26. The van der Waals surface area contributed by atoms with Crippen LogP contribution >= 0.6 is 0 Å². The predicted octanol–water partition coefficient (Wildman–Crippen LogP) is 0.598. The zero-order valence-corrected chi connectivity index (χ0v) is 5.42. The number of amidine groups is 1. The fourth-order valence-electron chi connectivity index (χ4n) is 0.293. The fourth-order valence-corrected chi connectivity index (χ4v) is 0.293. The van der Waals surface area contributed by atoms with E-state index in [4.69, 9.17) is 5.41 Å². The summed E-state index contributed by atoms with van der Waals surface area (Å²) in [5, 5.41) is 17.1. The van der Waals surface area contributed by atoms with Crippen molar-refractivity contribution < 1.29 is 0 Å². The van der Waals surface area contributed by atoms with Gasteiger partial charge in [0.05, 0.1) is 6.34 Å². The molecule has 50 valence electrons. The molecule has 0 aromatic carbocycles. The van der Waals surface area contributed by atoms with Crippen molar-refractivity contribution in [3.05, 3.63) is 0 Å². The molecule has 0 saturated heterocycles. The van der Waals surface area contributed by atoms with Crippen molar-refractivity contribution in [3.8, 4) is 0 Å². The van der Waals surface area contributed by atoms with Gasteiger partial charge in [-0.05, 0) is 6.92 Å². The van der Waals surface area contributed by atoms with Gasteiger partial charge in [0, 0.05) is 7.05 Å². The molecule has 0 spiro atoms. The first-order valence-electron chi connectivity index (χ1n) is 2.40. The van der Waals surface area contributed by atoms with Crippen molar-refractivity contribution in [3.63, 3.8) is 0 Å². The number of nitrogens with one attached hydrogen (secondary N) is 2. The lowest BCUT2D eigenvalue weighted by Gasteiger charge is -1.86. The zero-order valence-electron chi connectivity index (χ0n) is 5.42. The van der Waals surface area contributed by atoms with Crippen molar-refractivity contribution in [2.45, 2.75) is 6.92 Å². The van der Waals surface area contributed by atoms with E-state index >= 15 is 0 Å². The van der Waals surface area contributed by atoms with E-state index < -0.39 is 0 Å². The molecule has 0 radical (unpaired) electrons. The molecular weight excluding hydrogens is 118 g/mol. The van der Waals surface area contributed by atoms with Gasteiger partial charge in [-0.15, -0.1) is 5.11 Å². The minimum Gasteiger partial charge on any atom is -0.290 e. The molecule has 9 heavy (non-hydrogen) atoms. The molecule has 0 aromatic rings. The Morgan fingerprint density at radius 2 is 2.33 bits per heavy atom. The van der Waals surface area contributed by atoms with E-state index in [1.807, 2.05) is 0 Å². The monoisotopic (exact) mass is 127 g/mol. The first-order valence-corrected chi connectivity index (χ1v) is 2.40. The molecular formula is C4H9N5. The Kier molecular flexibility index (Phi) is 4.20. The average molecular weight is 127 g/mol. The summed E-state index contributed by atoms with van der Waals surface area (Å²) in [6.45, 7) is 1.68. The Bertz CT molecular complexity index is 136. The van der Waals surface area contributed by atoms with Crippen LogP contribution in [0.15, 0.2) is 15.3 Å². The Balaban J connectivity index is 3.68. The average Bonchev–Trinajstić information content (AvgIpc) is 1.85. The lowest BCUT2D eigenvalue weighted by atomic mass is 10.7. The quantitative estimate of drug-likeness (QED) is 0.242. The highest BCUT2D eigenvalue weighted by molar-refractivity contribution is 5.80. The van der Waals surface area contributed by atoms with Crippen LogP contribution in [0.4, 0.5) is 0 Å². The highest BCUT2D eigenvalue weighted by Gasteiger charge is 1.79. The van der Waals surface area contributed by atoms with Crippen LogP contribution < -0.4 is 5.43 Å². The third-order valence-corrected chi connectivity index (χ3v) is 0.536. The molecule has 0 aliphatic heterocycles. The molecule has 0 fully saturated rings. The molecule has 0 saturated carbocycles. The van der Waals surface area contributed by atoms with Crippen molar-refractivity contribution in [2.24, 2.45) is 15.3 Å². The van der Waals surface area contributed by atoms with Gasteiger partial charge in [-0.1, -0.05) is 0 Å². The second kappa shape index (κ2) is 4.89. The SMILES string of the molecule is C/N=N/C(C)=N\NC=N. The summed E-state index contributed by atoms with van der Waals surface area (Å²) in [6.07, 6.45) is 0.967. The highest BCUT2D eigenvalue weighted by Crippen LogP contribution is 1.75. The normalized spacial score (nSPS) is 12.0. The maximum atomic E-state index is 6.51. The summed E-state index contributed by atoms with van der Waals surface area (Å²) in [6, 6.07) is 0. The molecule has 0 amide bonds. The summed E-state index contributed by atoms with van der Waals surface area (Å²) < 4.78 is 0.